The minimum absolute atomic E-state index is 0.0539. The van der Waals surface area contributed by atoms with Crippen LogP contribution in [0.3, 0.4) is 0 Å². The zero-order valence-electron chi connectivity index (χ0n) is 20.8. The van der Waals surface area contributed by atoms with Crippen molar-refractivity contribution in [3.05, 3.63) is 122 Å². The summed E-state index contributed by atoms with van der Waals surface area (Å²) in [4.78, 5) is 39.8. The van der Waals surface area contributed by atoms with Crippen molar-refractivity contribution in [1.29, 1.82) is 0 Å². The summed E-state index contributed by atoms with van der Waals surface area (Å²) in [6, 6.07) is 19.8. The smallest absolute Gasteiger partial charge is 0.352 e. The van der Waals surface area contributed by atoms with Crippen molar-refractivity contribution in [2.24, 2.45) is 0 Å². The Labute approximate surface area is 213 Å². The van der Waals surface area contributed by atoms with Gasteiger partial charge in [-0.05, 0) is 59.0 Å². The SMILES string of the molecule is COc1cccc(Cn2c(=O)c(C(=O)NCc3ccc(F)cc3)nn(-c3ccc(C(C)C)cc3)c2=O)c1. The van der Waals surface area contributed by atoms with E-state index in [1.54, 1.807) is 36.4 Å². The molecule has 1 heterocycles. The zero-order valence-corrected chi connectivity index (χ0v) is 20.8. The normalized spacial score (nSPS) is 10.9. The van der Waals surface area contributed by atoms with Crippen molar-refractivity contribution >= 4 is 5.91 Å². The van der Waals surface area contributed by atoms with Crippen LogP contribution in [0.5, 0.6) is 5.75 Å². The molecule has 0 atom stereocenters. The molecule has 0 aliphatic carbocycles. The van der Waals surface area contributed by atoms with Gasteiger partial charge < -0.3 is 10.1 Å². The maximum Gasteiger partial charge on any atom is 0.352 e. The summed E-state index contributed by atoms with van der Waals surface area (Å²) in [5.74, 6) is -0.288. The van der Waals surface area contributed by atoms with E-state index in [0.29, 0.717) is 22.6 Å². The van der Waals surface area contributed by atoms with Crippen molar-refractivity contribution in [3.8, 4) is 11.4 Å². The molecule has 4 rings (SSSR count). The van der Waals surface area contributed by atoms with Crippen molar-refractivity contribution < 1.29 is 13.9 Å². The number of nitrogens with zero attached hydrogens (tertiary/aromatic N) is 3. The summed E-state index contributed by atoms with van der Waals surface area (Å²) in [5.41, 5.74) is 0.838. The predicted molar refractivity (Wildman–Crippen MR) is 138 cm³/mol. The molecule has 9 heteroatoms. The first kappa shape index (κ1) is 25.6. The Bertz CT molecular complexity index is 1520. The molecule has 3 aromatic carbocycles. The van der Waals surface area contributed by atoms with Gasteiger partial charge in [0, 0.05) is 6.54 Å². The molecule has 190 valence electrons. The number of amides is 1. The Hall–Kier alpha value is -4.53. The van der Waals surface area contributed by atoms with Gasteiger partial charge in [-0.25, -0.2) is 9.18 Å². The van der Waals surface area contributed by atoms with E-state index >= 15 is 0 Å². The number of carbonyl (C=O) groups is 1. The molecule has 8 nitrogen and oxygen atoms in total. The molecular formula is C28H27FN4O4. The van der Waals surface area contributed by atoms with E-state index in [1.807, 2.05) is 12.1 Å². The molecular weight excluding hydrogens is 475 g/mol. The first-order valence-corrected chi connectivity index (χ1v) is 11.8. The molecule has 0 fully saturated rings. The van der Waals surface area contributed by atoms with Gasteiger partial charge in [-0.2, -0.15) is 9.78 Å². The second-order valence-corrected chi connectivity index (χ2v) is 8.84. The fraction of sp³-hybridized carbons (Fsp3) is 0.214. The zero-order chi connectivity index (χ0) is 26.5. The minimum atomic E-state index is -0.820. The lowest BCUT2D eigenvalue weighted by atomic mass is 10.0. The third-order valence-corrected chi connectivity index (χ3v) is 5.92. The lowest BCUT2D eigenvalue weighted by Gasteiger charge is -2.13. The summed E-state index contributed by atoms with van der Waals surface area (Å²) in [6.07, 6.45) is 0. The lowest BCUT2D eigenvalue weighted by Crippen LogP contribution is -2.46. The second kappa shape index (κ2) is 11.0. The van der Waals surface area contributed by atoms with E-state index in [2.05, 4.69) is 24.3 Å². The number of ether oxygens (including phenoxy) is 1. The van der Waals surface area contributed by atoms with Gasteiger partial charge in [0.25, 0.3) is 11.5 Å². The number of aromatic nitrogens is 3. The first-order chi connectivity index (χ1) is 17.8. The van der Waals surface area contributed by atoms with Gasteiger partial charge >= 0.3 is 5.69 Å². The van der Waals surface area contributed by atoms with Gasteiger partial charge in [0.05, 0.1) is 19.3 Å². The summed E-state index contributed by atoms with van der Waals surface area (Å²) in [6.45, 7) is 4.08. The quantitative estimate of drug-likeness (QED) is 0.397. The Morgan fingerprint density at radius 3 is 2.35 bits per heavy atom. The summed E-state index contributed by atoms with van der Waals surface area (Å²) >= 11 is 0. The predicted octanol–water partition coefficient (Wildman–Crippen LogP) is 3.64. The molecule has 0 bridgehead atoms. The molecule has 0 unspecified atom stereocenters. The van der Waals surface area contributed by atoms with E-state index in [0.717, 1.165) is 14.8 Å². The van der Waals surface area contributed by atoms with Crippen LogP contribution >= 0.6 is 0 Å². The van der Waals surface area contributed by atoms with Crippen molar-refractivity contribution in [2.75, 3.05) is 7.11 Å². The van der Waals surface area contributed by atoms with E-state index in [-0.39, 0.29) is 19.0 Å². The van der Waals surface area contributed by atoms with Crippen LogP contribution in [0.1, 0.15) is 46.9 Å². The van der Waals surface area contributed by atoms with E-state index in [1.165, 1.54) is 31.4 Å². The fourth-order valence-corrected chi connectivity index (χ4v) is 3.79. The number of nitrogens with one attached hydrogen (secondary N) is 1. The topological polar surface area (TPSA) is 95.2 Å². The standard InChI is InChI=1S/C28H27FN4O4/c1-18(2)21-9-13-23(14-10-21)33-28(36)32(17-20-5-4-6-24(15-20)37-3)27(35)25(31-33)26(34)30-16-19-7-11-22(29)12-8-19/h4-15,18H,16-17H2,1-3H3,(H,30,34). The molecule has 1 aromatic heterocycles. The highest BCUT2D eigenvalue weighted by atomic mass is 19.1. The molecule has 0 aliphatic rings. The molecule has 0 radical (unpaired) electrons. The Kier molecular flexibility index (Phi) is 7.62. The third-order valence-electron chi connectivity index (χ3n) is 5.92. The van der Waals surface area contributed by atoms with Crippen molar-refractivity contribution in [1.82, 2.24) is 19.7 Å². The summed E-state index contributed by atoms with van der Waals surface area (Å²) < 4.78 is 20.5. The molecule has 1 amide bonds. The highest BCUT2D eigenvalue weighted by Crippen LogP contribution is 2.16. The van der Waals surface area contributed by atoms with Crippen molar-refractivity contribution in [3.63, 3.8) is 0 Å². The first-order valence-electron chi connectivity index (χ1n) is 11.8. The van der Waals surface area contributed by atoms with Gasteiger partial charge in [0.15, 0.2) is 0 Å². The number of carbonyl (C=O) groups excluding carboxylic acids is 1. The molecule has 1 N–H and O–H groups in total. The molecule has 0 spiro atoms. The number of benzene rings is 3. The van der Waals surface area contributed by atoms with Gasteiger partial charge in [0.1, 0.15) is 11.6 Å². The van der Waals surface area contributed by atoms with E-state index in [4.69, 9.17) is 4.74 Å². The highest BCUT2D eigenvalue weighted by Gasteiger charge is 2.21. The average molecular weight is 503 g/mol. The summed E-state index contributed by atoms with van der Waals surface area (Å²) in [7, 11) is 1.52. The molecule has 0 saturated heterocycles. The number of halogens is 1. The van der Waals surface area contributed by atoms with Crippen LogP contribution in [0.4, 0.5) is 4.39 Å². The number of hydrogen-bond acceptors (Lipinski definition) is 5. The lowest BCUT2D eigenvalue weighted by molar-refractivity contribution is 0.0941. The van der Waals surface area contributed by atoms with Crippen LogP contribution < -0.4 is 21.3 Å². The largest absolute Gasteiger partial charge is 0.497 e. The molecule has 4 aromatic rings. The summed E-state index contributed by atoms with van der Waals surface area (Å²) in [5, 5.41) is 6.79. The van der Waals surface area contributed by atoms with Gasteiger partial charge in [-0.1, -0.05) is 50.2 Å². The minimum Gasteiger partial charge on any atom is -0.497 e. The fourth-order valence-electron chi connectivity index (χ4n) is 3.79. The van der Waals surface area contributed by atoms with Crippen LogP contribution in [0.2, 0.25) is 0 Å². The van der Waals surface area contributed by atoms with E-state index < -0.39 is 28.7 Å². The molecule has 0 saturated carbocycles. The highest BCUT2D eigenvalue weighted by molar-refractivity contribution is 5.91. The number of rotatable bonds is 8. The Morgan fingerprint density at radius 1 is 1.00 bits per heavy atom. The number of hydrogen-bond donors (Lipinski definition) is 1. The maximum atomic E-state index is 13.4. The Morgan fingerprint density at radius 2 is 1.70 bits per heavy atom. The van der Waals surface area contributed by atoms with Crippen LogP contribution in [0.15, 0.2) is 82.4 Å². The van der Waals surface area contributed by atoms with Crippen molar-refractivity contribution in [2.45, 2.75) is 32.9 Å². The average Bonchev–Trinajstić information content (AvgIpc) is 2.91. The second-order valence-electron chi connectivity index (χ2n) is 8.84. The molecule has 37 heavy (non-hydrogen) atoms. The van der Waals surface area contributed by atoms with Gasteiger partial charge in [0.2, 0.25) is 5.69 Å². The Balaban J connectivity index is 1.77. The van der Waals surface area contributed by atoms with Crippen LogP contribution in [-0.4, -0.2) is 27.4 Å². The maximum absolute atomic E-state index is 13.4. The van der Waals surface area contributed by atoms with Gasteiger partial charge in [-0.15, -0.1) is 0 Å². The van der Waals surface area contributed by atoms with E-state index in [9.17, 15) is 18.8 Å². The monoisotopic (exact) mass is 502 g/mol. The third kappa shape index (κ3) is 5.83. The number of methoxy groups -OCH3 is 1. The van der Waals surface area contributed by atoms with Gasteiger partial charge in [-0.3, -0.25) is 14.2 Å². The van der Waals surface area contributed by atoms with Crippen LogP contribution in [0.25, 0.3) is 5.69 Å². The van der Waals surface area contributed by atoms with Crippen LogP contribution in [0, 0.1) is 5.82 Å². The molecule has 0 aliphatic heterocycles. The van der Waals surface area contributed by atoms with Crippen LogP contribution in [-0.2, 0) is 13.1 Å².